The molecule has 0 spiro atoms. The molecule has 0 aliphatic heterocycles. The normalized spacial score (nSPS) is 17.1. The summed E-state index contributed by atoms with van der Waals surface area (Å²) in [6.07, 6.45) is 5.65. The van der Waals surface area contributed by atoms with Crippen molar-refractivity contribution < 1.29 is 13.5 Å². The average Bonchev–Trinajstić information content (AvgIpc) is 2.46. The van der Waals surface area contributed by atoms with Gasteiger partial charge in [0.2, 0.25) is 10.0 Å². The minimum absolute atomic E-state index is 0.0339. The van der Waals surface area contributed by atoms with Crippen molar-refractivity contribution in [3.05, 3.63) is 27.7 Å². The highest BCUT2D eigenvalue weighted by atomic mass is 35.5. The molecule has 0 unspecified atom stereocenters. The van der Waals surface area contributed by atoms with Crippen LogP contribution in [-0.2, 0) is 16.6 Å². The average molecular weight is 352 g/mol. The van der Waals surface area contributed by atoms with E-state index in [1.165, 1.54) is 18.6 Å². The zero-order valence-corrected chi connectivity index (χ0v) is 13.9. The van der Waals surface area contributed by atoms with Gasteiger partial charge in [0.15, 0.2) is 0 Å². The first kappa shape index (κ1) is 17.0. The molecule has 1 aromatic rings. The van der Waals surface area contributed by atoms with Gasteiger partial charge in [-0.1, -0.05) is 42.5 Å². The molecule has 0 heterocycles. The zero-order valence-electron chi connectivity index (χ0n) is 11.6. The molecule has 0 atom stereocenters. The first-order chi connectivity index (χ1) is 9.94. The highest BCUT2D eigenvalue weighted by molar-refractivity contribution is 7.89. The Morgan fingerprint density at radius 3 is 2.43 bits per heavy atom. The number of rotatable bonds is 5. The maximum Gasteiger partial charge on any atom is 0.242 e. The van der Waals surface area contributed by atoms with Crippen LogP contribution in [0.15, 0.2) is 17.0 Å². The number of halogens is 2. The van der Waals surface area contributed by atoms with Crippen LogP contribution in [0.4, 0.5) is 0 Å². The predicted octanol–water partition coefficient (Wildman–Crippen LogP) is 3.34. The summed E-state index contributed by atoms with van der Waals surface area (Å²) in [6, 6.07) is 2.68. The molecule has 1 aliphatic carbocycles. The topological polar surface area (TPSA) is 66.4 Å². The minimum Gasteiger partial charge on any atom is -0.392 e. The summed E-state index contributed by atoms with van der Waals surface area (Å²) in [5, 5.41) is 9.51. The molecule has 1 saturated carbocycles. The van der Waals surface area contributed by atoms with Crippen molar-refractivity contribution in [2.45, 2.75) is 43.6 Å². The van der Waals surface area contributed by atoms with E-state index in [9.17, 15) is 13.5 Å². The van der Waals surface area contributed by atoms with Gasteiger partial charge in [0.05, 0.1) is 11.6 Å². The van der Waals surface area contributed by atoms with Crippen LogP contribution in [0.2, 0.25) is 10.0 Å². The smallest absolute Gasteiger partial charge is 0.242 e. The third kappa shape index (κ3) is 4.33. The van der Waals surface area contributed by atoms with Crippen LogP contribution in [0.5, 0.6) is 0 Å². The van der Waals surface area contributed by atoms with E-state index in [-0.39, 0.29) is 21.5 Å². The van der Waals surface area contributed by atoms with E-state index in [0.29, 0.717) is 18.0 Å². The van der Waals surface area contributed by atoms with E-state index in [1.807, 2.05) is 0 Å². The van der Waals surface area contributed by atoms with Gasteiger partial charge in [-0.15, -0.1) is 0 Å². The molecule has 4 nitrogen and oxygen atoms in total. The standard InChI is InChI=1S/C14H19Cl2NO3S/c15-12-7-13(16)14(6-11(12)9-18)21(19,20)17-8-10-4-2-1-3-5-10/h6-7,10,17-18H,1-5,8-9H2. The van der Waals surface area contributed by atoms with Crippen molar-refractivity contribution in [1.29, 1.82) is 0 Å². The van der Waals surface area contributed by atoms with E-state index in [1.54, 1.807) is 0 Å². The molecule has 0 amide bonds. The number of benzene rings is 1. The maximum absolute atomic E-state index is 12.4. The van der Waals surface area contributed by atoms with Gasteiger partial charge in [-0.05, 0) is 36.5 Å². The van der Waals surface area contributed by atoms with E-state index >= 15 is 0 Å². The summed E-state index contributed by atoms with van der Waals surface area (Å²) in [7, 11) is -3.69. The van der Waals surface area contributed by atoms with Crippen LogP contribution < -0.4 is 4.72 Å². The highest BCUT2D eigenvalue weighted by Gasteiger charge is 2.22. The van der Waals surface area contributed by atoms with Gasteiger partial charge in [-0.3, -0.25) is 0 Å². The Hall–Kier alpha value is -0.330. The van der Waals surface area contributed by atoms with Crippen molar-refractivity contribution in [3.63, 3.8) is 0 Å². The number of aliphatic hydroxyl groups excluding tert-OH is 1. The molecule has 1 fully saturated rings. The summed E-state index contributed by atoms with van der Waals surface area (Å²) < 4.78 is 27.3. The van der Waals surface area contributed by atoms with E-state index in [4.69, 9.17) is 23.2 Å². The SMILES string of the molecule is O=S(=O)(NCC1CCCCC1)c1cc(CO)c(Cl)cc1Cl. The quantitative estimate of drug-likeness (QED) is 0.854. The van der Waals surface area contributed by atoms with Crippen LogP contribution in [0.1, 0.15) is 37.7 Å². The van der Waals surface area contributed by atoms with Gasteiger partial charge in [0.25, 0.3) is 0 Å². The Kier molecular flexibility index (Phi) is 5.91. The minimum atomic E-state index is -3.69. The molecular formula is C14H19Cl2NO3S. The van der Waals surface area contributed by atoms with Crippen molar-refractivity contribution in [3.8, 4) is 0 Å². The Labute approximate surface area is 135 Å². The largest absolute Gasteiger partial charge is 0.392 e. The van der Waals surface area contributed by atoms with Gasteiger partial charge < -0.3 is 5.11 Å². The van der Waals surface area contributed by atoms with Crippen LogP contribution >= 0.6 is 23.2 Å². The molecule has 0 radical (unpaired) electrons. The van der Waals surface area contributed by atoms with Crippen molar-refractivity contribution in [1.82, 2.24) is 4.72 Å². The fourth-order valence-corrected chi connectivity index (χ4v) is 4.57. The number of aliphatic hydroxyl groups is 1. The van der Waals surface area contributed by atoms with E-state index in [0.717, 1.165) is 25.7 Å². The third-order valence-electron chi connectivity index (χ3n) is 3.85. The first-order valence-electron chi connectivity index (χ1n) is 7.02. The van der Waals surface area contributed by atoms with Gasteiger partial charge in [-0.25, -0.2) is 13.1 Å². The summed E-state index contributed by atoms with van der Waals surface area (Å²) in [5.74, 6) is 0.386. The third-order valence-corrected chi connectivity index (χ3v) is 6.09. The van der Waals surface area contributed by atoms with Crippen LogP contribution in [0, 0.1) is 5.92 Å². The summed E-state index contributed by atoms with van der Waals surface area (Å²) in [5.41, 5.74) is 0.346. The van der Waals surface area contributed by atoms with Crippen molar-refractivity contribution >= 4 is 33.2 Å². The monoisotopic (exact) mass is 351 g/mol. The highest BCUT2D eigenvalue weighted by Crippen LogP contribution is 2.29. The number of nitrogens with one attached hydrogen (secondary N) is 1. The molecule has 0 aromatic heterocycles. The lowest BCUT2D eigenvalue weighted by atomic mass is 9.90. The molecule has 1 aromatic carbocycles. The maximum atomic E-state index is 12.4. The Balaban J connectivity index is 2.15. The second kappa shape index (κ2) is 7.29. The number of hydrogen-bond acceptors (Lipinski definition) is 3. The molecule has 0 bridgehead atoms. The lowest BCUT2D eigenvalue weighted by Gasteiger charge is -2.22. The predicted molar refractivity (Wildman–Crippen MR) is 84.1 cm³/mol. The van der Waals surface area contributed by atoms with Crippen LogP contribution in [-0.4, -0.2) is 20.1 Å². The molecule has 0 saturated heterocycles. The Bertz CT molecular complexity index is 598. The lowest BCUT2D eigenvalue weighted by molar-refractivity contribution is 0.281. The summed E-state index contributed by atoms with van der Waals surface area (Å²) in [4.78, 5) is -0.0339. The fraction of sp³-hybridized carbons (Fsp3) is 0.571. The Morgan fingerprint density at radius 2 is 1.81 bits per heavy atom. The van der Waals surface area contributed by atoms with Gasteiger partial charge in [0.1, 0.15) is 4.90 Å². The molecule has 2 rings (SSSR count). The van der Waals surface area contributed by atoms with Crippen LogP contribution in [0.3, 0.4) is 0 Å². The fourth-order valence-electron chi connectivity index (χ4n) is 2.59. The number of hydrogen-bond donors (Lipinski definition) is 2. The van der Waals surface area contributed by atoms with Gasteiger partial charge >= 0.3 is 0 Å². The number of sulfonamides is 1. The lowest BCUT2D eigenvalue weighted by Crippen LogP contribution is -2.30. The second-order valence-electron chi connectivity index (χ2n) is 5.39. The van der Waals surface area contributed by atoms with Gasteiger partial charge in [-0.2, -0.15) is 0 Å². The van der Waals surface area contributed by atoms with Gasteiger partial charge in [0, 0.05) is 11.6 Å². The molecule has 21 heavy (non-hydrogen) atoms. The molecule has 118 valence electrons. The molecule has 1 aliphatic rings. The van der Waals surface area contributed by atoms with Crippen molar-refractivity contribution in [2.24, 2.45) is 5.92 Å². The summed E-state index contributed by atoms with van der Waals surface area (Å²) >= 11 is 11.9. The zero-order chi connectivity index (χ0) is 15.5. The molecule has 2 N–H and O–H groups in total. The van der Waals surface area contributed by atoms with Crippen LogP contribution in [0.25, 0.3) is 0 Å². The molecule has 7 heteroatoms. The van der Waals surface area contributed by atoms with E-state index in [2.05, 4.69) is 4.72 Å². The van der Waals surface area contributed by atoms with E-state index < -0.39 is 10.0 Å². The summed E-state index contributed by atoms with van der Waals surface area (Å²) in [6.45, 7) is 0.0941. The van der Waals surface area contributed by atoms with Crippen molar-refractivity contribution in [2.75, 3.05) is 6.54 Å². The Morgan fingerprint density at radius 1 is 1.14 bits per heavy atom. The first-order valence-corrected chi connectivity index (χ1v) is 9.26. The second-order valence-corrected chi connectivity index (χ2v) is 7.94. The molecular weight excluding hydrogens is 333 g/mol.